The molecule has 0 amide bonds. The molecule has 1 aromatic rings. The summed E-state index contributed by atoms with van der Waals surface area (Å²) < 4.78 is 32.4. The first kappa shape index (κ1) is 10.1. The predicted octanol–water partition coefficient (Wildman–Crippen LogP) is 1.46. The van der Waals surface area contributed by atoms with Crippen LogP contribution >= 0.6 is 11.3 Å². The molecule has 5 nitrogen and oxygen atoms in total. The van der Waals surface area contributed by atoms with E-state index in [1.807, 2.05) is 0 Å². The van der Waals surface area contributed by atoms with Crippen molar-refractivity contribution in [3.8, 4) is 0 Å². The van der Waals surface area contributed by atoms with Crippen molar-refractivity contribution in [2.75, 3.05) is 0 Å². The molecular weight excluding hydrogens is 221 g/mol. The van der Waals surface area contributed by atoms with Gasteiger partial charge in [0.1, 0.15) is 5.75 Å². The molecule has 0 aliphatic carbocycles. The minimum atomic E-state index is -4.61. The van der Waals surface area contributed by atoms with Gasteiger partial charge >= 0.3 is 15.2 Å². The number of hydrogen-bond donors (Lipinski definition) is 0. The molecule has 0 fully saturated rings. The molecule has 0 radical (unpaired) electrons. The van der Waals surface area contributed by atoms with Crippen molar-refractivity contribution in [1.29, 1.82) is 0 Å². The molecular formula is C5H4FNO4S2. The summed E-state index contributed by atoms with van der Waals surface area (Å²) >= 11 is 0.768. The van der Waals surface area contributed by atoms with Gasteiger partial charge in [-0.25, -0.2) is 0 Å². The standard InChI is InChI=1S/C5H4FNO4S2/c6-13(10,11)3-4-1-5(7(8)9)12-2-4/h1-2H,3H2. The molecule has 1 heterocycles. The molecule has 13 heavy (non-hydrogen) atoms. The third-order valence-corrected chi connectivity index (χ3v) is 2.77. The topological polar surface area (TPSA) is 77.3 Å². The van der Waals surface area contributed by atoms with Gasteiger partial charge in [-0.3, -0.25) is 10.1 Å². The highest BCUT2D eigenvalue weighted by atomic mass is 32.3. The maximum absolute atomic E-state index is 12.1. The summed E-state index contributed by atoms with van der Waals surface area (Å²) in [5.74, 6) is -0.808. The molecule has 0 N–H and O–H groups in total. The van der Waals surface area contributed by atoms with Gasteiger partial charge in [-0.1, -0.05) is 11.3 Å². The van der Waals surface area contributed by atoms with E-state index in [-0.39, 0.29) is 10.6 Å². The van der Waals surface area contributed by atoms with Crippen molar-refractivity contribution < 1.29 is 17.2 Å². The number of hydrogen-bond acceptors (Lipinski definition) is 5. The molecule has 8 heteroatoms. The van der Waals surface area contributed by atoms with Gasteiger partial charge in [0.15, 0.2) is 0 Å². The Kier molecular flexibility index (Phi) is 2.62. The van der Waals surface area contributed by atoms with Crippen LogP contribution in [0.4, 0.5) is 8.89 Å². The quantitative estimate of drug-likeness (QED) is 0.443. The van der Waals surface area contributed by atoms with Gasteiger partial charge in [0.2, 0.25) is 0 Å². The van der Waals surface area contributed by atoms with Crippen LogP contribution in [0.3, 0.4) is 0 Å². The lowest BCUT2D eigenvalue weighted by Crippen LogP contribution is -1.94. The minimum Gasteiger partial charge on any atom is -0.258 e. The Morgan fingerprint density at radius 1 is 1.62 bits per heavy atom. The highest BCUT2D eigenvalue weighted by Crippen LogP contribution is 2.24. The SMILES string of the molecule is O=[N+]([O-])c1cc(CS(=O)(=O)F)cs1. The molecule has 0 unspecified atom stereocenters. The van der Waals surface area contributed by atoms with Gasteiger partial charge in [0.25, 0.3) is 0 Å². The Labute approximate surface area is 77.2 Å². The van der Waals surface area contributed by atoms with Crippen molar-refractivity contribution in [2.24, 2.45) is 0 Å². The first-order valence-electron chi connectivity index (χ1n) is 3.02. The van der Waals surface area contributed by atoms with Crippen molar-refractivity contribution in [2.45, 2.75) is 5.75 Å². The fourth-order valence-corrected chi connectivity index (χ4v) is 2.13. The number of nitro groups is 1. The van der Waals surface area contributed by atoms with Crippen molar-refractivity contribution in [3.05, 3.63) is 27.1 Å². The molecule has 72 valence electrons. The van der Waals surface area contributed by atoms with E-state index in [0.717, 1.165) is 17.4 Å². The average Bonchev–Trinajstić information content (AvgIpc) is 2.31. The van der Waals surface area contributed by atoms with Gasteiger partial charge in [0, 0.05) is 11.4 Å². The van der Waals surface area contributed by atoms with E-state index in [2.05, 4.69) is 0 Å². The third-order valence-electron chi connectivity index (χ3n) is 1.16. The summed E-state index contributed by atoms with van der Waals surface area (Å²) in [5.41, 5.74) is 0.0965. The molecule has 0 atom stereocenters. The third kappa shape index (κ3) is 3.07. The van der Waals surface area contributed by atoms with E-state index in [0.29, 0.717) is 0 Å². The monoisotopic (exact) mass is 225 g/mol. The number of rotatable bonds is 3. The molecule has 0 saturated carbocycles. The molecule has 1 rings (SSSR count). The van der Waals surface area contributed by atoms with Crippen molar-refractivity contribution in [3.63, 3.8) is 0 Å². The van der Waals surface area contributed by atoms with Gasteiger partial charge in [0.05, 0.1) is 4.92 Å². The second-order valence-corrected chi connectivity index (χ2v) is 4.49. The molecule has 0 aliphatic heterocycles. The fraction of sp³-hybridized carbons (Fsp3) is 0.200. The molecule has 0 aromatic carbocycles. The normalized spacial score (nSPS) is 11.5. The van der Waals surface area contributed by atoms with Gasteiger partial charge in [-0.2, -0.15) is 8.42 Å². The minimum absolute atomic E-state index is 0.0965. The second-order valence-electron chi connectivity index (χ2n) is 2.23. The summed E-state index contributed by atoms with van der Waals surface area (Å²) in [7, 11) is -4.61. The summed E-state index contributed by atoms with van der Waals surface area (Å²) in [6.45, 7) is 0. The molecule has 0 spiro atoms. The van der Waals surface area contributed by atoms with Crippen LogP contribution in [0.5, 0.6) is 0 Å². The van der Waals surface area contributed by atoms with Crippen LogP contribution in [0.15, 0.2) is 11.4 Å². The maximum Gasteiger partial charge on any atom is 0.324 e. The Morgan fingerprint density at radius 2 is 2.23 bits per heavy atom. The lowest BCUT2D eigenvalue weighted by atomic mass is 10.4. The largest absolute Gasteiger partial charge is 0.324 e. The van der Waals surface area contributed by atoms with Crippen molar-refractivity contribution in [1.82, 2.24) is 0 Å². The number of halogens is 1. The van der Waals surface area contributed by atoms with Gasteiger partial charge in [-0.05, 0) is 5.56 Å². The lowest BCUT2D eigenvalue weighted by Gasteiger charge is -1.87. The van der Waals surface area contributed by atoms with E-state index in [9.17, 15) is 22.4 Å². The van der Waals surface area contributed by atoms with Gasteiger partial charge in [-0.15, -0.1) is 3.89 Å². The molecule has 0 saturated heterocycles. The van der Waals surface area contributed by atoms with Crippen LogP contribution in [0.2, 0.25) is 0 Å². The highest BCUT2D eigenvalue weighted by molar-refractivity contribution is 7.85. The summed E-state index contributed by atoms with van der Waals surface area (Å²) in [6, 6.07) is 1.04. The van der Waals surface area contributed by atoms with Crippen LogP contribution in [-0.4, -0.2) is 13.3 Å². The maximum atomic E-state index is 12.1. The average molecular weight is 225 g/mol. The Morgan fingerprint density at radius 3 is 2.62 bits per heavy atom. The highest BCUT2D eigenvalue weighted by Gasteiger charge is 2.14. The van der Waals surface area contributed by atoms with E-state index in [4.69, 9.17) is 0 Å². The predicted molar refractivity (Wildman–Crippen MR) is 44.7 cm³/mol. The van der Waals surface area contributed by atoms with Crippen LogP contribution in [0, 0.1) is 10.1 Å². The zero-order chi connectivity index (χ0) is 10.1. The number of thiophene rings is 1. The number of nitrogens with zero attached hydrogens (tertiary/aromatic N) is 1. The second kappa shape index (κ2) is 3.38. The van der Waals surface area contributed by atoms with E-state index >= 15 is 0 Å². The van der Waals surface area contributed by atoms with Crippen LogP contribution in [0.25, 0.3) is 0 Å². The Hall–Kier alpha value is -1.02. The summed E-state index contributed by atoms with van der Waals surface area (Å²) in [6.07, 6.45) is 0. The van der Waals surface area contributed by atoms with Gasteiger partial charge < -0.3 is 0 Å². The Bertz CT molecular complexity index is 423. The Balaban J connectivity index is 2.87. The van der Waals surface area contributed by atoms with Crippen molar-refractivity contribution >= 4 is 26.6 Å². The van der Waals surface area contributed by atoms with Crippen LogP contribution in [0.1, 0.15) is 5.56 Å². The van der Waals surface area contributed by atoms with Crippen LogP contribution < -0.4 is 0 Å². The molecule has 0 aliphatic rings. The van der Waals surface area contributed by atoms with Crippen LogP contribution in [-0.2, 0) is 16.0 Å². The fourth-order valence-electron chi connectivity index (χ4n) is 0.733. The zero-order valence-electron chi connectivity index (χ0n) is 6.14. The van der Waals surface area contributed by atoms with E-state index < -0.39 is 20.9 Å². The first-order chi connectivity index (χ1) is 5.88. The summed E-state index contributed by atoms with van der Waals surface area (Å²) in [5, 5.41) is 11.2. The zero-order valence-corrected chi connectivity index (χ0v) is 7.77. The van der Waals surface area contributed by atoms with E-state index in [1.165, 1.54) is 5.38 Å². The lowest BCUT2D eigenvalue weighted by molar-refractivity contribution is -0.380. The molecule has 0 bridgehead atoms. The van der Waals surface area contributed by atoms with E-state index in [1.54, 1.807) is 0 Å². The summed E-state index contributed by atoms with van der Waals surface area (Å²) in [4.78, 5) is 9.50. The first-order valence-corrected chi connectivity index (χ1v) is 5.46. The molecule has 1 aromatic heterocycles. The smallest absolute Gasteiger partial charge is 0.258 e.